The van der Waals surface area contributed by atoms with Crippen molar-refractivity contribution in [3.8, 4) is 0 Å². The van der Waals surface area contributed by atoms with Crippen molar-refractivity contribution in [2.75, 3.05) is 18.8 Å². The van der Waals surface area contributed by atoms with Gasteiger partial charge in [-0.25, -0.2) is 0 Å². The number of nitrogens with two attached hydrogens (primary N) is 1. The van der Waals surface area contributed by atoms with Crippen LogP contribution in [0.5, 0.6) is 0 Å². The Hall–Kier alpha value is -1.03. The average molecular weight is 339 g/mol. The number of amides is 1. The molecule has 1 atom stereocenters. The fraction of sp³-hybridized carbons (Fsp3) is 0.562. The third-order valence-corrected chi connectivity index (χ3v) is 4.80. The van der Waals surface area contributed by atoms with Crippen LogP contribution in [0.1, 0.15) is 49.4 Å². The van der Waals surface area contributed by atoms with E-state index in [0.29, 0.717) is 11.3 Å². The minimum atomic E-state index is 0.112. The van der Waals surface area contributed by atoms with Gasteiger partial charge < -0.3 is 10.6 Å². The Kier molecular flexibility index (Phi) is 5.46. The van der Waals surface area contributed by atoms with Crippen molar-refractivity contribution in [2.45, 2.75) is 39.0 Å². The zero-order valence-corrected chi connectivity index (χ0v) is 13.7. The van der Waals surface area contributed by atoms with Crippen LogP contribution in [0.15, 0.2) is 22.7 Å². The van der Waals surface area contributed by atoms with Gasteiger partial charge in [-0.05, 0) is 59.3 Å². The first kappa shape index (κ1) is 15.4. The quantitative estimate of drug-likeness (QED) is 0.844. The number of rotatable bonds is 3. The summed E-state index contributed by atoms with van der Waals surface area (Å²) in [5, 5.41) is 0. The summed E-state index contributed by atoms with van der Waals surface area (Å²) in [5.41, 5.74) is 7.18. The molecule has 20 heavy (non-hydrogen) atoms. The van der Waals surface area contributed by atoms with Gasteiger partial charge in [-0.15, -0.1) is 0 Å². The van der Waals surface area contributed by atoms with E-state index < -0.39 is 0 Å². The van der Waals surface area contributed by atoms with Crippen LogP contribution in [0.4, 0.5) is 5.69 Å². The fourth-order valence-electron chi connectivity index (χ4n) is 2.92. The van der Waals surface area contributed by atoms with Gasteiger partial charge in [0.25, 0.3) is 5.91 Å². The van der Waals surface area contributed by atoms with Crippen LogP contribution in [-0.4, -0.2) is 23.9 Å². The van der Waals surface area contributed by atoms with E-state index in [9.17, 15) is 4.79 Å². The number of nitrogen functional groups attached to an aromatic ring is 1. The van der Waals surface area contributed by atoms with E-state index in [1.54, 1.807) is 6.07 Å². The highest BCUT2D eigenvalue weighted by Crippen LogP contribution is 2.24. The summed E-state index contributed by atoms with van der Waals surface area (Å²) >= 11 is 3.36. The van der Waals surface area contributed by atoms with Crippen LogP contribution in [-0.2, 0) is 0 Å². The third kappa shape index (κ3) is 3.75. The number of benzene rings is 1. The summed E-state index contributed by atoms with van der Waals surface area (Å²) in [6.45, 7) is 3.98. The number of nitrogens with zero attached hydrogens (tertiary/aromatic N) is 1. The van der Waals surface area contributed by atoms with Crippen LogP contribution < -0.4 is 5.73 Å². The molecule has 4 heteroatoms. The molecule has 1 aromatic carbocycles. The van der Waals surface area contributed by atoms with Crippen molar-refractivity contribution in [1.29, 1.82) is 0 Å². The first-order valence-corrected chi connectivity index (χ1v) is 8.25. The highest BCUT2D eigenvalue weighted by Gasteiger charge is 2.21. The van der Waals surface area contributed by atoms with Crippen LogP contribution in [0, 0.1) is 5.92 Å². The molecule has 1 fully saturated rings. The average Bonchev–Trinajstić information content (AvgIpc) is 2.67. The van der Waals surface area contributed by atoms with Crippen molar-refractivity contribution < 1.29 is 4.79 Å². The first-order valence-electron chi connectivity index (χ1n) is 7.46. The SMILES string of the molecule is CCCC1CCCN(C(=O)c2ccc(Br)c(N)c2)CC1. The lowest BCUT2D eigenvalue weighted by Crippen LogP contribution is -2.32. The van der Waals surface area contributed by atoms with Gasteiger partial charge in [-0.1, -0.05) is 19.8 Å². The Morgan fingerprint density at radius 2 is 2.20 bits per heavy atom. The Morgan fingerprint density at radius 3 is 2.90 bits per heavy atom. The molecule has 3 nitrogen and oxygen atoms in total. The second-order valence-corrected chi connectivity index (χ2v) is 6.47. The fourth-order valence-corrected chi connectivity index (χ4v) is 3.17. The molecule has 1 heterocycles. The second kappa shape index (κ2) is 7.11. The lowest BCUT2D eigenvalue weighted by molar-refractivity contribution is 0.0760. The van der Waals surface area contributed by atoms with Crippen LogP contribution in [0.2, 0.25) is 0 Å². The summed E-state index contributed by atoms with van der Waals surface area (Å²) in [5.74, 6) is 0.897. The smallest absolute Gasteiger partial charge is 0.253 e. The number of likely N-dealkylation sites (tertiary alicyclic amines) is 1. The second-order valence-electron chi connectivity index (χ2n) is 5.61. The van der Waals surface area contributed by atoms with Gasteiger partial charge in [0.05, 0.1) is 0 Å². The van der Waals surface area contributed by atoms with E-state index in [1.165, 1.54) is 19.3 Å². The number of hydrogen-bond donors (Lipinski definition) is 1. The monoisotopic (exact) mass is 338 g/mol. The standard InChI is InChI=1S/C16H23BrN2O/c1-2-4-12-5-3-9-19(10-8-12)16(20)13-6-7-14(17)15(18)11-13/h6-7,11-12H,2-5,8-10,18H2,1H3. The molecule has 0 aromatic heterocycles. The summed E-state index contributed by atoms with van der Waals surface area (Å²) in [6, 6.07) is 5.46. The van der Waals surface area contributed by atoms with Crippen LogP contribution in [0.3, 0.4) is 0 Å². The summed E-state index contributed by atoms with van der Waals surface area (Å²) in [6.07, 6.45) is 6.02. The van der Waals surface area contributed by atoms with Gasteiger partial charge in [0.1, 0.15) is 0 Å². The Bertz CT molecular complexity index is 476. The van der Waals surface area contributed by atoms with Crippen molar-refractivity contribution in [1.82, 2.24) is 4.90 Å². The first-order chi connectivity index (χ1) is 9.61. The van der Waals surface area contributed by atoms with E-state index in [1.807, 2.05) is 17.0 Å². The maximum atomic E-state index is 12.5. The molecular weight excluding hydrogens is 316 g/mol. The molecule has 0 saturated carbocycles. The topological polar surface area (TPSA) is 46.3 Å². The van der Waals surface area contributed by atoms with E-state index >= 15 is 0 Å². The summed E-state index contributed by atoms with van der Waals surface area (Å²) < 4.78 is 0.841. The largest absolute Gasteiger partial charge is 0.398 e. The summed E-state index contributed by atoms with van der Waals surface area (Å²) in [4.78, 5) is 14.5. The Balaban J connectivity index is 2.03. The van der Waals surface area contributed by atoms with Crippen molar-refractivity contribution >= 4 is 27.5 Å². The minimum absolute atomic E-state index is 0.112. The van der Waals surface area contributed by atoms with Crippen molar-refractivity contribution in [3.05, 3.63) is 28.2 Å². The van der Waals surface area contributed by atoms with Crippen LogP contribution >= 0.6 is 15.9 Å². The molecule has 1 saturated heterocycles. The van der Waals surface area contributed by atoms with Gasteiger partial charge in [0, 0.05) is 28.8 Å². The maximum absolute atomic E-state index is 12.5. The normalized spacial score (nSPS) is 19.7. The Labute approximate surface area is 129 Å². The van der Waals surface area contributed by atoms with Crippen molar-refractivity contribution in [3.63, 3.8) is 0 Å². The molecule has 0 aliphatic carbocycles. The maximum Gasteiger partial charge on any atom is 0.253 e. The van der Waals surface area contributed by atoms with E-state index in [-0.39, 0.29) is 5.91 Å². The lowest BCUT2D eigenvalue weighted by Gasteiger charge is -2.21. The van der Waals surface area contributed by atoms with Gasteiger partial charge >= 0.3 is 0 Å². The zero-order valence-electron chi connectivity index (χ0n) is 12.1. The number of carbonyl (C=O) groups excluding carboxylic acids is 1. The molecule has 2 N–H and O–H groups in total. The van der Waals surface area contributed by atoms with Gasteiger partial charge in [-0.2, -0.15) is 0 Å². The molecule has 0 radical (unpaired) electrons. The van der Waals surface area contributed by atoms with E-state index in [0.717, 1.165) is 36.3 Å². The molecule has 0 bridgehead atoms. The molecule has 1 unspecified atom stereocenters. The van der Waals surface area contributed by atoms with Crippen molar-refractivity contribution in [2.24, 2.45) is 5.92 Å². The van der Waals surface area contributed by atoms with Crippen LogP contribution in [0.25, 0.3) is 0 Å². The number of hydrogen-bond acceptors (Lipinski definition) is 2. The number of carbonyl (C=O) groups is 1. The third-order valence-electron chi connectivity index (χ3n) is 4.07. The lowest BCUT2D eigenvalue weighted by atomic mass is 9.96. The molecule has 1 amide bonds. The predicted molar refractivity (Wildman–Crippen MR) is 86.7 cm³/mol. The number of anilines is 1. The minimum Gasteiger partial charge on any atom is -0.398 e. The van der Waals surface area contributed by atoms with Gasteiger partial charge in [-0.3, -0.25) is 4.79 Å². The van der Waals surface area contributed by atoms with Gasteiger partial charge in [0.2, 0.25) is 0 Å². The predicted octanol–water partition coefficient (Wildman–Crippen LogP) is 4.07. The molecule has 2 rings (SSSR count). The molecule has 0 spiro atoms. The molecular formula is C16H23BrN2O. The molecule has 1 aliphatic heterocycles. The van der Waals surface area contributed by atoms with E-state index in [2.05, 4.69) is 22.9 Å². The summed E-state index contributed by atoms with van der Waals surface area (Å²) in [7, 11) is 0. The Morgan fingerprint density at radius 1 is 1.40 bits per heavy atom. The van der Waals surface area contributed by atoms with E-state index in [4.69, 9.17) is 5.73 Å². The molecule has 110 valence electrons. The van der Waals surface area contributed by atoms with Gasteiger partial charge in [0.15, 0.2) is 0 Å². The highest BCUT2D eigenvalue weighted by atomic mass is 79.9. The zero-order chi connectivity index (χ0) is 14.5. The molecule has 1 aliphatic rings. The highest BCUT2D eigenvalue weighted by molar-refractivity contribution is 9.10. The molecule has 1 aromatic rings. The number of halogens is 1.